The fourth-order valence-corrected chi connectivity index (χ4v) is 4.28. The minimum absolute atomic E-state index is 0.0165. The molecule has 0 aromatic heterocycles. The predicted octanol–water partition coefficient (Wildman–Crippen LogP) is 2.29. The van der Waals surface area contributed by atoms with Crippen molar-refractivity contribution in [2.24, 2.45) is 17.8 Å². The quantitative estimate of drug-likeness (QED) is 0.845. The third-order valence-corrected chi connectivity index (χ3v) is 5.48. The molecule has 2 saturated carbocycles. The van der Waals surface area contributed by atoms with Crippen molar-refractivity contribution in [3.63, 3.8) is 0 Å². The molecule has 2 fully saturated rings. The minimum atomic E-state index is -0.404. The standard InChI is InChI=1S/C18H24FNO3/c1-23-16-6-2-11(8-15(16)19)3-7-17(22)20-18-13-5-4-12(9-13)14(18)10-21/h2,6,8,12-14,18,21H,3-5,7,9-10H2,1H3,(H,20,22). The third kappa shape index (κ3) is 3.34. The fraction of sp³-hybridized carbons (Fsp3) is 0.611. The van der Waals surface area contributed by atoms with E-state index in [1.165, 1.54) is 19.6 Å². The van der Waals surface area contributed by atoms with Gasteiger partial charge in [-0.05, 0) is 55.2 Å². The van der Waals surface area contributed by atoms with Gasteiger partial charge in [0.2, 0.25) is 5.91 Å². The van der Waals surface area contributed by atoms with Crippen LogP contribution in [0.15, 0.2) is 18.2 Å². The summed E-state index contributed by atoms with van der Waals surface area (Å²) in [5, 5.41) is 12.7. The first kappa shape index (κ1) is 16.2. The van der Waals surface area contributed by atoms with Crippen molar-refractivity contribution in [2.45, 2.75) is 38.1 Å². The molecule has 4 unspecified atom stereocenters. The topological polar surface area (TPSA) is 58.6 Å². The number of carbonyl (C=O) groups is 1. The molecule has 1 amide bonds. The van der Waals surface area contributed by atoms with E-state index in [4.69, 9.17) is 4.74 Å². The second-order valence-electron chi connectivity index (χ2n) is 6.74. The van der Waals surface area contributed by atoms with E-state index in [9.17, 15) is 14.3 Å². The number of ether oxygens (including phenoxy) is 1. The van der Waals surface area contributed by atoms with Crippen LogP contribution < -0.4 is 10.1 Å². The van der Waals surface area contributed by atoms with Crippen LogP contribution in [0.4, 0.5) is 4.39 Å². The highest BCUT2D eigenvalue weighted by Gasteiger charge is 2.47. The Morgan fingerprint density at radius 1 is 1.39 bits per heavy atom. The number of halogens is 1. The Bertz CT molecular complexity index is 577. The second-order valence-corrected chi connectivity index (χ2v) is 6.74. The molecule has 1 aromatic carbocycles. The van der Waals surface area contributed by atoms with E-state index >= 15 is 0 Å². The van der Waals surface area contributed by atoms with Crippen LogP contribution in [0.3, 0.4) is 0 Å². The zero-order chi connectivity index (χ0) is 16.4. The van der Waals surface area contributed by atoms with Gasteiger partial charge in [0.05, 0.1) is 7.11 Å². The van der Waals surface area contributed by atoms with Crippen molar-refractivity contribution in [3.8, 4) is 5.75 Å². The summed E-state index contributed by atoms with van der Waals surface area (Å²) in [5.41, 5.74) is 0.783. The Morgan fingerprint density at radius 3 is 2.87 bits per heavy atom. The number of fused-ring (bicyclic) bond motifs is 2. The molecule has 0 aliphatic heterocycles. The van der Waals surface area contributed by atoms with Gasteiger partial charge in [-0.2, -0.15) is 0 Å². The average molecular weight is 321 g/mol. The monoisotopic (exact) mass is 321 g/mol. The zero-order valence-electron chi connectivity index (χ0n) is 13.4. The third-order valence-electron chi connectivity index (χ3n) is 5.48. The number of aryl methyl sites for hydroxylation is 1. The summed E-state index contributed by atoms with van der Waals surface area (Å²) < 4.78 is 18.5. The Morgan fingerprint density at radius 2 is 2.17 bits per heavy atom. The van der Waals surface area contributed by atoms with Gasteiger partial charge in [0.1, 0.15) is 0 Å². The van der Waals surface area contributed by atoms with Crippen LogP contribution in [0, 0.1) is 23.6 Å². The first-order chi connectivity index (χ1) is 11.1. The van der Waals surface area contributed by atoms with Crippen LogP contribution in [-0.2, 0) is 11.2 Å². The number of nitrogens with one attached hydrogen (secondary N) is 1. The normalized spacial score (nSPS) is 28.8. The minimum Gasteiger partial charge on any atom is -0.494 e. The van der Waals surface area contributed by atoms with Crippen molar-refractivity contribution in [1.29, 1.82) is 0 Å². The molecule has 5 heteroatoms. The van der Waals surface area contributed by atoms with E-state index in [-0.39, 0.29) is 30.2 Å². The lowest BCUT2D eigenvalue weighted by Gasteiger charge is -2.30. The van der Waals surface area contributed by atoms with E-state index in [1.807, 2.05) is 0 Å². The molecule has 2 N–H and O–H groups in total. The summed E-state index contributed by atoms with van der Waals surface area (Å²) >= 11 is 0. The number of hydrogen-bond acceptors (Lipinski definition) is 3. The van der Waals surface area contributed by atoms with Gasteiger partial charge < -0.3 is 15.2 Å². The number of rotatable bonds is 6. The predicted molar refractivity (Wildman–Crippen MR) is 84.6 cm³/mol. The highest BCUT2D eigenvalue weighted by atomic mass is 19.1. The lowest BCUT2D eigenvalue weighted by molar-refractivity contribution is -0.122. The Hall–Kier alpha value is -1.62. The van der Waals surface area contributed by atoms with Crippen molar-refractivity contribution < 1.29 is 19.0 Å². The smallest absolute Gasteiger partial charge is 0.220 e. The van der Waals surface area contributed by atoms with Crippen LogP contribution in [0.5, 0.6) is 5.75 Å². The largest absolute Gasteiger partial charge is 0.494 e. The SMILES string of the molecule is COc1ccc(CCC(=O)NC2C3CCC(C3)C2CO)cc1F. The summed E-state index contributed by atoms with van der Waals surface area (Å²) in [6.45, 7) is 0.149. The van der Waals surface area contributed by atoms with Crippen molar-refractivity contribution in [3.05, 3.63) is 29.6 Å². The number of hydrogen-bond donors (Lipinski definition) is 2. The van der Waals surface area contributed by atoms with Crippen LogP contribution in [0.25, 0.3) is 0 Å². The van der Waals surface area contributed by atoms with Crippen LogP contribution in [0.2, 0.25) is 0 Å². The van der Waals surface area contributed by atoms with Gasteiger partial charge >= 0.3 is 0 Å². The summed E-state index contributed by atoms with van der Waals surface area (Å²) in [5.74, 6) is 1.07. The van der Waals surface area contributed by atoms with E-state index in [0.717, 1.165) is 18.4 Å². The molecule has 126 valence electrons. The molecule has 3 rings (SSSR count). The van der Waals surface area contributed by atoms with Gasteiger partial charge in [0, 0.05) is 25.0 Å². The summed E-state index contributed by atoms with van der Waals surface area (Å²) in [7, 11) is 1.43. The number of benzene rings is 1. The first-order valence-corrected chi connectivity index (χ1v) is 8.35. The number of aliphatic hydroxyl groups excluding tert-OH is 1. The van der Waals surface area contributed by atoms with Gasteiger partial charge in [0.15, 0.2) is 11.6 Å². The number of amides is 1. The molecular formula is C18H24FNO3. The molecule has 4 atom stereocenters. The van der Waals surface area contributed by atoms with Gasteiger partial charge in [-0.15, -0.1) is 0 Å². The molecule has 1 aromatic rings. The molecule has 23 heavy (non-hydrogen) atoms. The van der Waals surface area contributed by atoms with E-state index < -0.39 is 5.82 Å². The van der Waals surface area contributed by atoms with Gasteiger partial charge in [-0.1, -0.05) is 6.07 Å². The Kier molecular flexibility index (Phi) is 4.85. The molecular weight excluding hydrogens is 297 g/mol. The highest BCUT2D eigenvalue weighted by Crippen LogP contribution is 2.48. The van der Waals surface area contributed by atoms with E-state index in [2.05, 4.69) is 5.32 Å². The van der Waals surface area contributed by atoms with E-state index in [0.29, 0.717) is 24.7 Å². The number of carbonyl (C=O) groups excluding carboxylic acids is 1. The lowest BCUT2D eigenvalue weighted by Crippen LogP contribution is -2.45. The van der Waals surface area contributed by atoms with Crippen molar-refractivity contribution >= 4 is 5.91 Å². The molecule has 2 bridgehead atoms. The highest BCUT2D eigenvalue weighted by molar-refractivity contribution is 5.76. The lowest BCUT2D eigenvalue weighted by atomic mass is 9.85. The second kappa shape index (κ2) is 6.87. The fourth-order valence-electron chi connectivity index (χ4n) is 4.28. The number of aliphatic hydroxyl groups is 1. The zero-order valence-corrected chi connectivity index (χ0v) is 13.4. The Balaban J connectivity index is 1.53. The first-order valence-electron chi connectivity index (χ1n) is 8.35. The van der Waals surface area contributed by atoms with Crippen LogP contribution >= 0.6 is 0 Å². The maximum absolute atomic E-state index is 13.6. The van der Waals surface area contributed by atoms with Crippen molar-refractivity contribution in [2.75, 3.05) is 13.7 Å². The maximum atomic E-state index is 13.6. The van der Waals surface area contributed by atoms with Gasteiger partial charge in [-0.25, -0.2) is 4.39 Å². The molecule has 2 aliphatic rings. The molecule has 0 heterocycles. The van der Waals surface area contributed by atoms with Gasteiger partial charge in [0.25, 0.3) is 0 Å². The summed E-state index contributed by atoms with van der Waals surface area (Å²) in [6, 6.07) is 4.89. The molecule has 0 radical (unpaired) electrons. The summed E-state index contributed by atoms with van der Waals surface area (Å²) in [4.78, 5) is 12.2. The van der Waals surface area contributed by atoms with Gasteiger partial charge in [-0.3, -0.25) is 4.79 Å². The molecule has 0 spiro atoms. The van der Waals surface area contributed by atoms with E-state index in [1.54, 1.807) is 12.1 Å². The van der Waals surface area contributed by atoms with Crippen LogP contribution in [-0.4, -0.2) is 30.8 Å². The summed E-state index contributed by atoms with van der Waals surface area (Å²) in [6.07, 6.45) is 4.28. The molecule has 4 nitrogen and oxygen atoms in total. The Labute approximate surface area is 136 Å². The average Bonchev–Trinajstić information content (AvgIpc) is 3.14. The maximum Gasteiger partial charge on any atom is 0.220 e. The van der Waals surface area contributed by atoms with Crippen LogP contribution in [0.1, 0.15) is 31.2 Å². The number of methoxy groups -OCH3 is 1. The molecule has 0 saturated heterocycles. The van der Waals surface area contributed by atoms with Crippen molar-refractivity contribution in [1.82, 2.24) is 5.32 Å². The molecule has 2 aliphatic carbocycles.